The van der Waals surface area contributed by atoms with Crippen molar-refractivity contribution in [3.8, 4) is 0 Å². The Labute approximate surface area is 166 Å². The van der Waals surface area contributed by atoms with E-state index in [2.05, 4.69) is 15.6 Å². The Balaban J connectivity index is 1.68. The van der Waals surface area contributed by atoms with E-state index in [1.807, 2.05) is 6.92 Å². The second-order valence-corrected chi connectivity index (χ2v) is 8.52. The van der Waals surface area contributed by atoms with Crippen molar-refractivity contribution in [1.29, 1.82) is 0 Å². The molecule has 3 N–H and O–H groups in total. The molecular weight excluding hydrogens is 398 g/mol. The first-order chi connectivity index (χ1) is 13.3. The number of sulfonamides is 1. The van der Waals surface area contributed by atoms with E-state index < -0.39 is 21.8 Å². The lowest BCUT2D eigenvalue weighted by molar-refractivity contribution is 0.0849. The molecule has 0 saturated heterocycles. The van der Waals surface area contributed by atoms with E-state index in [4.69, 9.17) is 0 Å². The zero-order valence-electron chi connectivity index (χ0n) is 14.8. The van der Waals surface area contributed by atoms with Crippen molar-refractivity contribution in [3.63, 3.8) is 0 Å². The SMILES string of the molecule is Cc1ccc(S(=O)(=O)Nc2cccc(C(=O)NNC(=O)c3cccs3)c2)cc1. The predicted octanol–water partition coefficient (Wildman–Crippen LogP) is 2.93. The summed E-state index contributed by atoms with van der Waals surface area (Å²) >= 11 is 1.25. The molecule has 2 amide bonds. The molecule has 1 heterocycles. The lowest BCUT2D eigenvalue weighted by atomic mass is 10.2. The van der Waals surface area contributed by atoms with Gasteiger partial charge in [0.1, 0.15) is 0 Å². The molecule has 1 aromatic heterocycles. The predicted molar refractivity (Wildman–Crippen MR) is 108 cm³/mol. The third kappa shape index (κ3) is 4.76. The zero-order chi connectivity index (χ0) is 20.1. The van der Waals surface area contributed by atoms with Gasteiger partial charge in [0.15, 0.2) is 0 Å². The van der Waals surface area contributed by atoms with Crippen LogP contribution < -0.4 is 15.6 Å². The first-order valence-corrected chi connectivity index (χ1v) is 10.6. The highest BCUT2D eigenvalue weighted by Crippen LogP contribution is 2.18. The van der Waals surface area contributed by atoms with E-state index in [0.29, 0.717) is 4.88 Å². The summed E-state index contributed by atoms with van der Waals surface area (Å²) < 4.78 is 27.4. The van der Waals surface area contributed by atoms with Crippen LogP contribution in [0.1, 0.15) is 25.6 Å². The second-order valence-electron chi connectivity index (χ2n) is 5.88. The van der Waals surface area contributed by atoms with Crippen LogP contribution in [-0.4, -0.2) is 20.2 Å². The molecule has 0 aliphatic carbocycles. The summed E-state index contributed by atoms with van der Waals surface area (Å²) in [5.41, 5.74) is 5.99. The molecule has 0 fully saturated rings. The van der Waals surface area contributed by atoms with E-state index in [0.717, 1.165) is 5.56 Å². The maximum absolute atomic E-state index is 12.5. The van der Waals surface area contributed by atoms with E-state index in [1.165, 1.54) is 41.7 Å². The van der Waals surface area contributed by atoms with Gasteiger partial charge >= 0.3 is 0 Å². The van der Waals surface area contributed by atoms with E-state index >= 15 is 0 Å². The number of amides is 2. The molecule has 0 saturated carbocycles. The molecule has 28 heavy (non-hydrogen) atoms. The molecule has 0 unspecified atom stereocenters. The fourth-order valence-corrected chi connectivity index (χ4v) is 3.98. The van der Waals surface area contributed by atoms with Crippen LogP contribution in [0.4, 0.5) is 5.69 Å². The van der Waals surface area contributed by atoms with Crippen molar-refractivity contribution in [2.45, 2.75) is 11.8 Å². The minimum Gasteiger partial charge on any atom is -0.280 e. The van der Waals surface area contributed by atoms with Crippen LogP contribution in [0, 0.1) is 6.92 Å². The number of benzene rings is 2. The Morgan fingerprint density at radius 1 is 0.893 bits per heavy atom. The Morgan fingerprint density at radius 2 is 1.61 bits per heavy atom. The minimum absolute atomic E-state index is 0.121. The maximum atomic E-state index is 12.5. The first-order valence-electron chi connectivity index (χ1n) is 8.19. The number of hydrogen-bond acceptors (Lipinski definition) is 5. The number of rotatable bonds is 5. The number of anilines is 1. The second kappa shape index (κ2) is 8.24. The molecule has 144 valence electrons. The number of carbonyl (C=O) groups is 2. The number of thiophene rings is 1. The lowest BCUT2D eigenvalue weighted by Gasteiger charge is -2.10. The van der Waals surface area contributed by atoms with Crippen LogP contribution in [0.3, 0.4) is 0 Å². The molecule has 0 aliphatic rings. The summed E-state index contributed by atoms with van der Waals surface area (Å²) in [6.45, 7) is 1.86. The highest BCUT2D eigenvalue weighted by atomic mass is 32.2. The van der Waals surface area contributed by atoms with Crippen LogP contribution >= 0.6 is 11.3 Å². The number of hydrazine groups is 1. The Kier molecular flexibility index (Phi) is 5.76. The number of carbonyl (C=O) groups excluding carboxylic acids is 2. The fraction of sp³-hybridized carbons (Fsp3) is 0.0526. The molecule has 9 heteroatoms. The van der Waals surface area contributed by atoms with Crippen molar-refractivity contribution >= 4 is 38.9 Å². The van der Waals surface area contributed by atoms with Crippen molar-refractivity contribution in [1.82, 2.24) is 10.9 Å². The van der Waals surface area contributed by atoms with Crippen LogP contribution in [0.5, 0.6) is 0 Å². The Morgan fingerprint density at radius 3 is 2.29 bits per heavy atom. The van der Waals surface area contributed by atoms with Gasteiger partial charge in [-0.05, 0) is 48.7 Å². The molecule has 3 rings (SSSR count). The quantitative estimate of drug-likeness (QED) is 0.557. The van der Waals surface area contributed by atoms with Gasteiger partial charge in [-0.3, -0.25) is 25.2 Å². The fourth-order valence-electron chi connectivity index (χ4n) is 2.31. The van der Waals surface area contributed by atoms with Crippen molar-refractivity contribution in [2.75, 3.05) is 4.72 Å². The van der Waals surface area contributed by atoms with Gasteiger partial charge in [0, 0.05) is 11.3 Å². The molecule has 0 aliphatic heterocycles. The summed E-state index contributed by atoms with van der Waals surface area (Å²) in [5, 5.41) is 1.75. The van der Waals surface area contributed by atoms with E-state index in [1.54, 1.807) is 35.7 Å². The molecule has 0 bridgehead atoms. The van der Waals surface area contributed by atoms with Gasteiger partial charge in [-0.1, -0.05) is 29.8 Å². The average molecular weight is 415 g/mol. The summed E-state index contributed by atoms with van der Waals surface area (Å²) in [6, 6.07) is 15.8. The van der Waals surface area contributed by atoms with Gasteiger partial charge in [-0.15, -0.1) is 11.3 Å². The standard InChI is InChI=1S/C19H17N3O4S2/c1-13-7-9-16(10-8-13)28(25,26)22-15-5-2-4-14(12-15)18(23)20-21-19(24)17-6-3-11-27-17/h2-12,22H,1H3,(H,20,23)(H,21,24). The largest absolute Gasteiger partial charge is 0.280 e. The first kappa shape index (κ1) is 19.6. The van der Waals surface area contributed by atoms with Gasteiger partial charge in [0.25, 0.3) is 21.8 Å². The topological polar surface area (TPSA) is 104 Å². The summed E-state index contributed by atoms with van der Waals surface area (Å²) in [6.07, 6.45) is 0. The molecule has 2 aromatic carbocycles. The van der Waals surface area contributed by atoms with Crippen LogP contribution in [0.15, 0.2) is 70.9 Å². The van der Waals surface area contributed by atoms with Gasteiger partial charge in [0.2, 0.25) is 0 Å². The van der Waals surface area contributed by atoms with Gasteiger partial charge in [-0.25, -0.2) is 8.42 Å². The summed E-state index contributed by atoms with van der Waals surface area (Å²) in [7, 11) is -3.78. The monoisotopic (exact) mass is 415 g/mol. The lowest BCUT2D eigenvalue weighted by Crippen LogP contribution is -2.41. The van der Waals surface area contributed by atoms with E-state index in [9.17, 15) is 18.0 Å². The molecule has 7 nitrogen and oxygen atoms in total. The van der Waals surface area contributed by atoms with E-state index in [-0.39, 0.29) is 16.1 Å². The van der Waals surface area contributed by atoms with Crippen molar-refractivity contribution in [3.05, 3.63) is 82.0 Å². The molecule has 3 aromatic rings. The highest BCUT2D eigenvalue weighted by Gasteiger charge is 2.15. The van der Waals surface area contributed by atoms with Crippen LogP contribution in [-0.2, 0) is 10.0 Å². The highest BCUT2D eigenvalue weighted by molar-refractivity contribution is 7.92. The van der Waals surface area contributed by atoms with Crippen LogP contribution in [0.2, 0.25) is 0 Å². The molecule has 0 spiro atoms. The number of aryl methyl sites for hydroxylation is 1. The summed E-state index contributed by atoms with van der Waals surface area (Å²) in [4.78, 5) is 24.7. The van der Waals surface area contributed by atoms with Crippen molar-refractivity contribution in [2.24, 2.45) is 0 Å². The normalized spacial score (nSPS) is 10.9. The van der Waals surface area contributed by atoms with Crippen LogP contribution in [0.25, 0.3) is 0 Å². The zero-order valence-corrected chi connectivity index (χ0v) is 16.4. The third-order valence-corrected chi connectivity index (χ3v) is 6.01. The molecule has 0 radical (unpaired) electrons. The minimum atomic E-state index is -3.78. The maximum Gasteiger partial charge on any atom is 0.279 e. The summed E-state index contributed by atoms with van der Waals surface area (Å²) in [5.74, 6) is -0.999. The smallest absolute Gasteiger partial charge is 0.279 e. The van der Waals surface area contributed by atoms with Gasteiger partial charge < -0.3 is 0 Å². The molecule has 0 atom stereocenters. The Hall–Kier alpha value is -3.17. The molecular formula is C19H17N3O4S2. The number of nitrogens with one attached hydrogen (secondary N) is 3. The third-order valence-electron chi connectivity index (χ3n) is 3.74. The Bertz CT molecular complexity index is 1090. The van der Waals surface area contributed by atoms with Gasteiger partial charge in [-0.2, -0.15) is 0 Å². The number of hydrogen-bond donors (Lipinski definition) is 3. The average Bonchev–Trinajstić information content (AvgIpc) is 3.21. The van der Waals surface area contributed by atoms with Crippen molar-refractivity contribution < 1.29 is 18.0 Å². The van der Waals surface area contributed by atoms with Gasteiger partial charge in [0.05, 0.1) is 9.77 Å².